The first-order chi connectivity index (χ1) is 11.6. The molecule has 0 fully saturated rings. The van der Waals surface area contributed by atoms with Gasteiger partial charge in [0.05, 0.1) is 18.2 Å². The van der Waals surface area contributed by atoms with Crippen molar-refractivity contribution in [2.24, 2.45) is 0 Å². The fourth-order valence-corrected chi connectivity index (χ4v) is 2.60. The molecule has 0 heterocycles. The van der Waals surface area contributed by atoms with Gasteiger partial charge in [0.2, 0.25) is 0 Å². The van der Waals surface area contributed by atoms with Crippen molar-refractivity contribution >= 4 is 29.0 Å². The van der Waals surface area contributed by atoms with Crippen molar-refractivity contribution in [2.45, 2.75) is 26.3 Å². The van der Waals surface area contributed by atoms with Crippen molar-refractivity contribution in [3.05, 3.63) is 65.7 Å². The van der Waals surface area contributed by atoms with Crippen molar-refractivity contribution in [2.75, 3.05) is 11.9 Å². The average molecular weight is 342 g/mol. The van der Waals surface area contributed by atoms with Crippen molar-refractivity contribution in [3.63, 3.8) is 0 Å². The van der Waals surface area contributed by atoms with E-state index in [-0.39, 0.29) is 12.0 Å². The van der Waals surface area contributed by atoms with Gasteiger partial charge in [0, 0.05) is 5.69 Å². The van der Waals surface area contributed by atoms with E-state index in [1.54, 1.807) is 19.1 Å². The Balaban J connectivity index is 1.95. The van der Waals surface area contributed by atoms with E-state index >= 15 is 0 Å². The molecule has 1 unspecified atom stereocenters. The van der Waals surface area contributed by atoms with Crippen LogP contribution in [0.25, 0.3) is 0 Å². The van der Waals surface area contributed by atoms with Gasteiger partial charge in [-0.2, -0.15) is 0 Å². The van der Waals surface area contributed by atoms with Crippen LogP contribution in [0.2, 0.25) is 0 Å². The maximum absolute atomic E-state index is 11.6. The summed E-state index contributed by atoms with van der Waals surface area (Å²) in [6, 6.07) is 17.4. The highest BCUT2D eigenvalue weighted by Crippen LogP contribution is 2.17. The van der Waals surface area contributed by atoms with Crippen LogP contribution in [0, 0.1) is 0 Å². The molecule has 2 aromatic rings. The predicted octanol–water partition coefficient (Wildman–Crippen LogP) is 4.30. The minimum Gasteiger partial charge on any atom is -0.462 e. The van der Waals surface area contributed by atoms with E-state index in [4.69, 9.17) is 17.0 Å². The minimum absolute atomic E-state index is 0.157. The van der Waals surface area contributed by atoms with Crippen molar-refractivity contribution in [1.82, 2.24) is 5.32 Å². The van der Waals surface area contributed by atoms with Crippen LogP contribution >= 0.6 is 12.2 Å². The molecule has 0 radical (unpaired) electrons. The molecular weight excluding hydrogens is 320 g/mol. The fourth-order valence-electron chi connectivity index (χ4n) is 2.34. The van der Waals surface area contributed by atoms with Gasteiger partial charge in [-0.15, -0.1) is 0 Å². The average Bonchev–Trinajstić information content (AvgIpc) is 2.61. The molecule has 0 amide bonds. The molecule has 24 heavy (non-hydrogen) atoms. The number of benzene rings is 2. The lowest BCUT2D eigenvalue weighted by atomic mass is 10.1. The van der Waals surface area contributed by atoms with E-state index < -0.39 is 0 Å². The smallest absolute Gasteiger partial charge is 0.338 e. The van der Waals surface area contributed by atoms with Crippen molar-refractivity contribution in [3.8, 4) is 0 Å². The normalized spacial score (nSPS) is 11.4. The van der Waals surface area contributed by atoms with Crippen LogP contribution in [0.4, 0.5) is 5.69 Å². The van der Waals surface area contributed by atoms with E-state index in [0.29, 0.717) is 17.3 Å². The van der Waals surface area contributed by atoms with Crippen LogP contribution in [0.15, 0.2) is 54.6 Å². The molecule has 2 aromatic carbocycles. The summed E-state index contributed by atoms with van der Waals surface area (Å²) < 4.78 is 4.97. The lowest BCUT2D eigenvalue weighted by molar-refractivity contribution is 0.0526. The highest BCUT2D eigenvalue weighted by molar-refractivity contribution is 7.80. The molecule has 4 nitrogen and oxygen atoms in total. The van der Waals surface area contributed by atoms with Gasteiger partial charge >= 0.3 is 5.97 Å². The zero-order chi connectivity index (χ0) is 17.4. The number of ether oxygens (including phenoxy) is 1. The number of hydrogen-bond donors (Lipinski definition) is 2. The molecule has 0 aliphatic rings. The number of hydrogen-bond acceptors (Lipinski definition) is 3. The summed E-state index contributed by atoms with van der Waals surface area (Å²) in [6.07, 6.45) is 0.924. The predicted molar refractivity (Wildman–Crippen MR) is 101 cm³/mol. The summed E-state index contributed by atoms with van der Waals surface area (Å²) in [5, 5.41) is 7.01. The molecule has 0 aliphatic heterocycles. The quantitative estimate of drug-likeness (QED) is 0.605. The van der Waals surface area contributed by atoms with Gasteiger partial charge in [-0.05, 0) is 55.4 Å². The van der Waals surface area contributed by atoms with E-state index in [1.807, 2.05) is 30.3 Å². The third kappa shape index (κ3) is 5.06. The summed E-state index contributed by atoms with van der Waals surface area (Å²) in [4.78, 5) is 11.6. The molecule has 0 bridgehead atoms. The molecule has 0 saturated carbocycles. The standard InChI is InChI=1S/C19H22N2O2S/c1-3-17(14-8-6-5-7-9-14)21-19(24)20-16-12-10-15(11-13-16)18(22)23-4-2/h5-13,17H,3-4H2,1-2H3,(H2,20,21,24). The van der Waals surface area contributed by atoms with Gasteiger partial charge < -0.3 is 15.4 Å². The molecular formula is C19H22N2O2S. The Morgan fingerprint density at radius 1 is 1.08 bits per heavy atom. The van der Waals surface area contributed by atoms with E-state index in [0.717, 1.165) is 12.1 Å². The van der Waals surface area contributed by atoms with E-state index in [9.17, 15) is 4.79 Å². The number of rotatable bonds is 6. The summed E-state index contributed by atoms with van der Waals surface area (Å²) in [7, 11) is 0. The van der Waals surface area contributed by atoms with Gasteiger partial charge in [0.15, 0.2) is 5.11 Å². The number of esters is 1. The van der Waals surface area contributed by atoms with E-state index in [1.165, 1.54) is 5.56 Å². The molecule has 0 spiro atoms. The second kappa shape index (κ2) is 9.03. The van der Waals surface area contributed by atoms with Crippen molar-refractivity contribution < 1.29 is 9.53 Å². The molecule has 2 N–H and O–H groups in total. The zero-order valence-corrected chi connectivity index (χ0v) is 14.7. The highest BCUT2D eigenvalue weighted by Gasteiger charge is 2.10. The van der Waals surface area contributed by atoms with Crippen LogP contribution in [0.5, 0.6) is 0 Å². The van der Waals surface area contributed by atoms with Gasteiger partial charge in [0.1, 0.15) is 0 Å². The second-order valence-corrected chi connectivity index (χ2v) is 5.68. The minimum atomic E-state index is -0.320. The first-order valence-corrected chi connectivity index (χ1v) is 8.44. The third-order valence-corrected chi connectivity index (χ3v) is 3.79. The zero-order valence-electron chi connectivity index (χ0n) is 13.9. The Kier molecular flexibility index (Phi) is 6.75. The van der Waals surface area contributed by atoms with Crippen molar-refractivity contribution in [1.29, 1.82) is 0 Å². The highest BCUT2D eigenvalue weighted by atomic mass is 32.1. The Labute approximate surface area is 148 Å². The van der Waals surface area contributed by atoms with Gasteiger partial charge in [-0.1, -0.05) is 37.3 Å². The second-order valence-electron chi connectivity index (χ2n) is 5.27. The lowest BCUT2D eigenvalue weighted by Gasteiger charge is -2.20. The molecule has 0 aliphatic carbocycles. The first-order valence-electron chi connectivity index (χ1n) is 8.03. The topological polar surface area (TPSA) is 50.4 Å². The number of carbonyl (C=O) groups is 1. The summed E-state index contributed by atoms with van der Waals surface area (Å²) >= 11 is 5.39. The molecule has 1 atom stereocenters. The van der Waals surface area contributed by atoms with Crippen LogP contribution in [0.3, 0.4) is 0 Å². The summed E-state index contributed by atoms with van der Waals surface area (Å²) in [5.41, 5.74) is 2.54. The SMILES string of the molecule is CCOC(=O)c1ccc(NC(=S)NC(CC)c2ccccc2)cc1. The molecule has 0 saturated heterocycles. The maximum Gasteiger partial charge on any atom is 0.338 e. The first kappa shape index (κ1) is 17.9. The molecule has 0 aromatic heterocycles. The Morgan fingerprint density at radius 3 is 2.33 bits per heavy atom. The van der Waals surface area contributed by atoms with Gasteiger partial charge in [-0.25, -0.2) is 4.79 Å². The Morgan fingerprint density at radius 2 is 1.75 bits per heavy atom. The van der Waals surface area contributed by atoms with Crippen LogP contribution in [-0.2, 0) is 4.74 Å². The lowest BCUT2D eigenvalue weighted by Crippen LogP contribution is -2.32. The monoisotopic (exact) mass is 342 g/mol. The van der Waals surface area contributed by atoms with Gasteiger partial charge in [-0.3, -0.25) is 0 Å². The summed E-state index contributed by atoms with van der Waals surface area (Å²) in [5.74, 6) is -0.320. The van der Waals surface area contributed by atoms with Crippen LogP contribution in [-0.4, -0.2) is 17.7 Å². The maximum atomic E-state index is 11.6. The Bertz CT molecular complexity index is 672. The number of nitrogens with one attached hydrogen (secondary N) is 2. The summed E-state index contributed by atoms with van der Waals surface area (Å²) in [6.45, 7) is 4.26. The molecule has 2 rings (SSSR count). The number of anilines is 1. The van der Waals surface area contributed by atoms with Crippen LogP contribution in [0.1, 0.15) is 42.2 Å². The van der Waals surface area contributed by atoms with E-state index in [2.05, 4.69) is 29.7 Å². The largest absolute Gasteiger partial charge is 0.462 e. The molecule has 5 heteroatoms. The third-order valence-electron chi connectivity index (χ3n) is 3.57. The molecule has 126 valence electrons. The number of thiocarbonyl (C=S) groups is 1. The number of carbonyl (C=O) groups excluding carboxylic acids is 1. The Hall–Kier alpha value is -2.40. The van der Waals surface area contributed by atoms with Crippen LogP contribution < -0.4 is 10.6 Å². The van der Waals surface area contributed by atoms with Gasteiger partial charge in [0.25, 0.3) is 0 Å². The fraction of sp³-hybridized carbons (Fsp3) is 0.263.